The summed E-state index contributed by atoms with van der Waals surface area (Å²) in [6, 6.07) is 0. The van der Waals surface area contributed by atoms with Crippen LogP contribution in [0.25, 0.3) is 0 Å². The zero-order valence-electron chi connectivity index (χ0n) is 14.7. The molecule has 0 saturated carbocycles. The fraction of sp³-hybridized carbons (Fsp3) is 1.00. The third kappa shape index (κ3) is 5.13. The van der Waals surface area contributed by atoms with Crippen LogP contribution in [0, 0.1) is 0 Å². The fourth-order valence-electron chi connectivity index (χ4n) is 1.67. The van der Waals surface area contributed by atoms with E-state index in [2.05, 4.69) is 0 Å². The topological polar surface area (TPSA) is 57.2 Å². The minimum atomic E-state index is -8.87. The summed E-state index contributed by atoms with van der Waals surface area (Å²) in [7, 11) is -8.16. The summed E-state index contributed by atoms with van der Waals surface area (Å²) >= 11 is 0. The van der Waals surface area contributed by atoms with E-state index in [0.717, 1.165) is 0 Å². The fourth-order valence-corrected chi connectivity index (χ4v) is 2.11. The Hall–Kier alpha value is -0.350. The number of hydrogen-bond donors (Lipinski definition) is 0. The van der Waals surface area contributed by atoms with Crippen molar-refractivity contribution in [2.45, 2.75) is 59.6 Å². The monoisotopic (exact) mass is 568 g/mol. The summed E-state index contributed by atoms with van der Waals surface area (Å²) in [4.78, 5) is 0. The van der Waals surface area contributed by atoms with Crippen LogP contribution in [0.4, 0.5) is 79.0 Å². The van der Waals surface area contributed by atoms with E-state index in [4.69, 9.17) is 0 Å². The Labute approximate surface area is 191 Å². The molecule has 0 saturated heterocycles. The molecule has 0 heterocycles. The molecule has 3 nitrogen and oxygen atoms in total. The van der Waals surface area contributed by atoms with E-state index >= 15 is 0 Å². The van der Waals surface area contributed by atoms with Crippen molar-refractivity contribution in [2.75, 3.05) is 0 Å². The molecule has 0 aromatic rings. The quantitative estimate of drug-likeness (QED) is 0.244. The van der Waals surface area contributed by atoms with Gasteiger partial charge in [-0.05, 0) is 0 Å². The van der Waals surface area contributed by atoms with Crippen LogP contribution in [0.3, 0.4) is 0 Å². The van der Waals surface area contributed by atoms with Crippen LogP contribution in [-0.2, 0) is 10.1 Å². The first-order chi connectivity index (χ1) is 13.4. The Morgan fingerprint density at radius 3 is 1.12 bits per heavy atom. The summed E-state index contributed by atoms with van der Waals surface area (Å²) in [5, 5.41) is -7.96. The maximum atomic E-state index is 13.3. The van der Waals surface area contributed by atoms with Gasteiger partial charge in [-0.25, -0.2) is 12.8 Å². The Morgan fingerprint density at radius 1 is 0.576 bits per heavy atom. The molecule has 194 valence electrons. The van der Waals surface area contributed by atoms with Crippen LogP contribution >= 0.6 is 0 Å². The molecule has 0 amide bonds. The molecule has 1 atom stereocenters. The number of hydrogen-bond acceptors (Lipinski definition) is 3. The largest absolute Gasteiger partial charge is 1.00 e. The van der Waals surface area contributed by atoms with Crippen molar-refractivity contribution >= 4 is 10.1 Å². The predicted molar refractivity (Wildman–Crippen MR) is 59.9 cm³/mol. The van der Waals surface area contributed by atoms with Crippen molar-refractivity contribution in [3.05, 3.63) is 0 Å². The number of alkyl halides is 18. The van der Waals surface area contributed by atoms with Gasteiger partial charge in [-0.15, -0.1) is 0 Å². The molecule has 0 aromatic heterocycles. The van der Waals surface area contributed by atoms with Gasteiger partial charge in [0, 0.05) is 0 Å². The van der Waals surface area contributed by atoms with Crippen LogP contribution in [0.15, 0.2) is 0 Å². The first-order valence-corrected chi connectivity index (χ1v) is 8.09. The van der Waals surface area contributed by atoms with E-state index in [9.17, 15) is 92.0 Å². The average molecular weight is 568 g/mol. The minimum absolute atomic E-state index is 0. The van der Waals surface area contributed by atoms with E-state index in [-0.39, 0.29) is 29.6 Å². The average Bonchev–Trinajstić information content (AvgIpc) is 2.50. The number of halogens is 18. The van der Waals surface area contributed by atoms with E-state index in [1.54, 1.807) is 0 Å². The molecule has 0 spiro atoms. The van der Waals surface area contributed by atoms with E-state index in [1.165, 1.54) is 0 Å². The predicted octanol–water partition coefficient (Wildman–Crippen LogP) is 2.23. The molecule has 0 N–H and O–H groups in total. The van der Waals surface area contributed by atoms with Crippen molar-refractivity contribution in [1.82, 2.24) is 0 Å². The van der Waals surface area contributed by atoms with Crippen molar-refractivity contribution in [3.63, 3.8) is 0 Å². The molecular formula is C10H3F18NaO3S. The molecule has 33 heavy (non-hydrogen) atoms. The van der Waals surface area contributed by atoms with Crippen LogP contribution in [-0.4, -0.2) is 66.1 Å². The third-order valence-corrected chi connectivity index (χ3v) is 4.36. The van der Waals surface area contributed by atoms with Gasteiger partial charge in [0.25, 0.3) is 0 Å². The van der Waals surface area contributed by atoms with Crippen LogP contribution in [0.1, 0.15) is 6.42 Å². The van der Waals surface area contributed by atoms with Gasteiger partial charge in [0.2, 0.25) is 0 Å². The summed E-state index contributed by atoms with van der Waals surface area (Å²) in [5.74, 6) is -51.1. The van der Waals surface area contributed by atoms with Crippen molar-refractivity contribution in [1.29, 1.82) is 0 Å². The van der Waals surface area contributed by atoms with Gasteiger partial charge in [-0.1, -0.05) is 0 Å². The SMILES string of the molecule is O=S(=O)([O-])C(F)(F)C(F)(F)C(F)(F)C(F)(F)C(F)(F)C(F)(F)C(F)(F)C(F)CC(F)(F)F.[Na+]. The van der Waals surface area contributed by atoms with Crippen molar-refractivity contribution in [2.24, 2.45) is 0 Å². The Balaban J connectivity index is 0. The zero-order chi connectivity index (χ0) is 26.8. The van der Waals surface area contributed by atoms with E-state index in [1.807, 2.05) is 0 Å². The van der Waals surface area contributed by atoms with Gasteiger partial charge >= 0.3 is 76.5 Å². The summed E-state index contributed by atoms with van der Waals surface area (Å²) in [6.45, 7) is 0. The first kappa shape index (κ1) is 34.8. The molecular weight excluding hydrogens is 565 g/mol. The normalized spacial score (nSPS) is 16.9. The van der Waals surface area contributed by atoms with Crippen LogP contribution in [0.5, 0.6) is 0 Å². The molecule has 0 aliphatic heterocycles. The molecule has 0 aliphatic rings. The maximum absolute atomic E-state index is 13.3. The Bertz CT molecular complexity index is 803. The summed E-state index contributed by atoms with van der Waals surface area (Å²) in [5.41, 5.74) is 0. The molecule has 0 aromatic carbocycles. The molecule has 0 fully saturated rings. The second-order valence-corrected chi connectivity index (χ2v) is 7.17. The second kappa shape index (κ2) is 8.95. The van der Waals surface area contributed by atoms with Gasteiger partial charge in [0.05, 0.1) is 6.42 Å². The summed E-state index contributed by atoms with van der Waals surface area (Å²) in [6.07, 6.45) is -15.6. The first-order valence-electron chi connectivity index (χ1n) is 6.69. The van der Waals surface area contributed by atoms with Gasteiger partial charge < -0.3 is 4.55 Å². The van der Waals surface area contributed by atoms with Crippen molar-refractivity contribution in [3.8, 4) is 0 Å². The van der Waals surface area contributed by atoms with Crippen LogP contribution < -0.4 is 29.6 Å². The minimum Gasteiger partial charge on any atom is -0.743 e. The molecule has 0 rings (SSSR count). The molecule has 23 heteroatoms. The van der Waals surface area contributed by atoms with Gasteiger partial charge in [-0.2, -0.15) is 74.6 Å². The third-order valence-electron chi connectivity index (χ3n) is 3.48. The van der Waals surface area contributed by atoms with Gasteiger partial charge in [0.15, 0.2) is 16.3 Å². The second-order valence-electron chi connectivity index (χ2n) is 5.75. The Kier molecular flexibility index (Phi) is 9.44. The summed E-state index contributed by atoms with van der Waals surface area (Å²) < 4.78 is 262. The molecule has 1 unspecified atom stereocenters. The number of rotatable bonds is 9. The maximum Gasteiger partial charge on any atom is 1.00 e. The van der Waals surface area contributed by atoms with Gasteiger partial charge in [-0.3, -0.25) is 0 Å². The molecule has 0 bridgehead atoms. The van der Waals surface area contributed by atoms with Crippen molar-refractivity contribution < 1.29 is 122 Å². The van der Waals surface area contributed by atoms with E-state index in [0.29, 0.717) is 0 Å². The molecule has 0 radical (unpaired) electrons. The van der Waals surface area contributed by atoms with E-state index < -0.39 is 69.7 Å². The Morgan fingerprint density at radius 2 is 0.848 bits per heavy atom. The van der Waals surface area contributed by atoms with Gasteiger partial charge in [0.1, 0.15) is 0 Å². The smallest absolute Gasteiger partial charge is 0.743 e. The van der Waals surface area contributed by atoms with Crippen LogP contribution in [0.2, 0.25) is 0 Å². The standard InChI is InChI=1S/C10H4F18O3S.Na/c11-2(1-3(12,13)14)4(15,16)5(17,18)6(19,20)7(21,22)8(23,24)9(25,26)10(27,28)32(29,30)31;/h2H,1H2,(H,29,30,31);/q;+1/p-1. The zero-order valence-corrected chi connectivity index (χ0v) is 17.5. The molecule has 0 aliphatic carbocycles.